The molecule has 0 spiro atoms. The maximum Gasteiger partial charge on any atom is 0.310 e. The van der Waals surface area contributed by atoms with Gasteiger partial charge >= 0.3 is 5.97 Å². The Bertz CT molecular complexity index is 311. The van der Waals surface area contributed by atoms with Crippen LogP contribution in [0.5, 0.6) is 0 Å². The molecule has 1 atom stereocenters. The lowest BCUT2D eigenvalue weighted by molar-refractivity contribution is -0.152. The van der Waals surface area contributed by atoms with Crippen molar-refractivity contribution in [3.05, 3.63) is 0 Å². The summed E-state index contributed by atoms with van der Waals surface area (Å²) in [6.07, 6.45) is 0.915. The summed E-state index contributed by atoms with van der Waals surface area (Å²) in [6, 6.07) is -0.0809. The molecule has 0 aliphatic carbocycles. The van der Waals surface area contributed by atoms with Crippen molar-refractivity contribution >= 4 is 11.9 Å². The van der Waals surface area contributed by atoms with Crippen LogP contribution in [0.25, 0.3) is 0 Å². The van der Waals surface area contributed by atoms with Crippen LogP contribution in [0.4, 0.5) is 0 Å². The SMILES string of the molecule is CCOCC(NC(=O)CC(CC)(CC)C(=O)O)C(C)C. The van der Waals surface area contributed by atoms with Crippen molar-refractivity contribution in [3.8, 4) is 0 Å². The first-order valence-corrected chi connectivity index (χ1v) is 7.43. The first-order valence-electron chi connectivity index (χ1n) is 7.43. The smallest absolute Gasteiger partial charge is 0.310 e. The van der Waals surface area contributed by atoms with Crippen molar-refractivity contribution in [2.45, 2.75) is 59.9 Å². The minimum Gasteiger partial charge on any atom is -0.481 e. The van der Waals surface area contributed by atoms with Gasteiger partial charge in [-0.1, -0.05) is 27.7 Å². The average Bonchev–Trinajstić information content (AvgIpc) is 2.40. The maximum absolute atomic E-state index is 12.1. The van der Waals surface area contributed by atoms with Gasteiger partial charge in [-0.25, -0.2) is 0 Å². The third-order valence-electron chi connectivity index (χ3n) is 3.96. The molecule has 0 saturated carbocycles. The van der Waals surface area contributed by atoms with Gasteiger partial charge in [0.25, 0.3) is 0 Å². The summed E-state index contributed by atoms with van der Waals surface area (Å²) in [5.74, 6) is -0.869. The lowest BCUT2D eigenvalue weighted by atomic mass is 9.79. The lowest BCUT2D eigenvalue weighted by Gasteiger charge is -2.28. The van der Waals surface area contributed by atoms with Crippen LogP contribution in [0.15, 0.2) is 0 Å². The van der Waals surface area contributed by atoms with E-state index in [2.05, 4.69) is 5.32 Å². The van der Waals surface area contributed by atoms with Gasteiger partial charge in [-0.15, -0.1) is 0 Å². The van der Waals surface area contributed by atoms with E-state index in [1.54, 1.807) is 0 Å². The Hall–Kier alpha value is -1.10. The van der Waals surface area contributed by atoms with E-state index in [0.717, 1.165) is 0 Å². The van der Waals surface area contributed by atoms with Gasteiger partial charge in [0.2, 0.25) is 5.91 Å². The molecule has 0 rings (SSSR count). The molecule has 0 fully saturated rings. The Morgan fingerprint density at radius 3 is 2.10 bits per heavy atom. The fourth-order valence-corrected chi connectivity index (χ4v) is 2.09. The quantitative estimate of drug-likeness (QED) is 0.647. The number of hydrogen-bond acceptors (Lipinski definition) is 3. The molecule has 0 radical (unpaired) electrons. The Morgan fingerprint density at radius 2 is 1.75 bits per heavy atom. The fraction of sp³-hybridized carbons (Fsp3) is 0.867. The summed E-state index contributed by atoms with van der Waals surface area (Å²) >= 11 is 0. The fourth-order valence-electron chi connectivity index (χ4n) is 2.09. The second kappa shape index (κ2) is 8.95. The van der Waals surface area contributed by atoms with Crippen LogP contribution in [0.1, 0.15) is 53.9 Å². The first kappa shape index (κ1) is 18.9. The summed E-state index contributed by atoms with van der Waals surface area (Å²) in [5, 5.41) is 12.3. The van der Waals surface area contributed by atoms with E-state index in [0.29, 0.717) is 26.1 Å². The molecule has 1 amide bonds. The van der Waals surface area contributed by atoms with Gasteiger partial charge in [0.05, 0.1) is 18.1 Å². The minimum absolute atomic E-state index is 0.0185. The van der Waals surface area contributed by atoms with Crippen LogP contribution in [0, 0.1) is 11.3 Å². The van der Waals surface area contributed by atoms with Crippen LogP contribution in [0.3, 0.4) is 0 Å². The number of hydrogen-bond donors (Lipinski definition) is 2. The monoisotopic (exact) mass is 287 g/mol. The Labute approximate surface area is 122 Å². The standard InChI is InChI=1S/C15H29NO4/c1-6-15(7-2,14(18)19)9-13(17)16-12(11(4)5)10-20-8-3/h11-12H,6-10H2,1-5H3,(H,16,17)(H,18,19). The summed E-state index contributed by atoms with van der Waals surface area (Å²) in [6.45, 7) is 10.6. The first-order chi connectivity index (χ1) is 9.32. The number of ether oxygens (including phenoxy) is 1. The molecule has 1 unspecified atom stereocenters. The summed E-state index contributed by atoms with van der Waals surface area (Å²) in [7, 11) is 0. The van der Waals surface area contributed by atoms with E-state index in [1.807, 2.05) is 34.6 Å². The van der Waals surface area contributed by atoms with Crippen LogP contribution >= 0.6 is 0 Å². The van der Waals surface area contributed by atoms with Gasteiger partial charge in [0.1, 0.15) is 0 Å². The van der Waals surface area contributed by atoms with Crippen molar-refractivity contribution < 1.29 is 19.4 Å². The van der Waals surface area contributed by atoms with Gasteiger partial charge in [0, 0.05) is 13.0 Å². The Morgan fingerprint density at radius 1 is 1.20 bits per heavy atom. The highest BCUT2D eigenvalue weighted by Crippen LogP contribution is 2.31. The van der Waals surface area contributed by atoms with Crippen LogP contribution < -0.4 is 5.32 Å². The van der Waals surface area contributed by atoms with E-state index in [-0.39, 0.29) is 24.3 Å². The number of carbonyl (C=O) groups is 2. The molecule has 118 valence electrons. The number of aliphatic carboxylic acids is 1. The Balaban J connectivity index is 4.68. The molecule has 0 aromatic rings. The normalized spacial score (nSPS) is 13.3. The Kier molecular flexibility index (Phi) is 8.46. The van der Waals surface area contributed by atoms with Crippen molar-refractivity contribution in [3.63, 3.8) is 0 Å². The molecule has 0 bridgehead atoms. The van der Waals surface area contributed by atoms with E-state index in [4.69, 9.17) is 4.74 Å². The summed E-state index contributed by atoms with van der Waals surface area (Å²) in [5.41, 5.74) is -0.961. The highest BCUT2D eigenvalue weighted by molar-refractivity contribution is 5.85. The van der Waals surface area contributed by atoms with E-state index >= 15 is 0 Å². The third kappa shape index (κ3) is 5.49. The lowest BCUT2D eigenvalue weighted by Crippen LogP contribution is -2.45. The molecule has 0 aliphatic rings. The number of carboxylic acids is 1. The van der Waals surface area contributed by atoms with Crippen LogP contribution in [-0.2, 0) is 14.3 Å². The average molecular weight is 287 g/mol. The molecule has 0 saturated heterocycles. The zero-order valence-electron chi connectivity index (χ0n) is 13.4. The highest BCUT2D eigenvalue weighted by Gasteiger charge is 2.37. The molecular weight excluding hydrogens is 258 g/mol. The second-order valence-corrected chi connectivity index (χ2v) is 5.55. The molecule has 5 heteroatoms. The van der Waals surface area contributed by atoms with Gasteiger partial charge < -0.3 is 15.2 Å². The molecule has 0 aromatic carbocycles. The number of carboxylic acid groups (broad SMARTS) is 1. The van der Waals surface area contributed by atoms with Gasteiger partial charge in [0.15, 0.2) is 0 Å². The van der Waals surface area contributed by atoms with Crippen molar-refractivity contribution in [2.75, 3.05) is 13.2 Å². The van der Waals surface area contributed by atoms with Crippen molar-refractivity contribution in [1.29, 1.82) is 0 Å². The molecule has 20 heavy (non-hydrogen) atoms. The van der Waals surface area contributed by atoms with Crippen molar-refractivity contribution in [2.24, 2.45) is 11.3 Å². The van der Waals surface area contributed by atoms with E-state index in [1.165, 1.54) is 0 Å². The summed E-state index contributed by atoms with van der Waals surface area (Å²) in [4.78, 5) is 23.5. The van der Waals surface area contributed by atoms with E-state index in [9.17, 15) is 14.7 Å². The summed E-state index contributed by atoms with van der Waals surface area (Å²) < 4.78 is 5.36. The minimum atomic E-state index is -0.961. The number of rotatable bonds is 10. The van der Waals surface area contributed by atoms with Crippen LogP contribution in [0.2, 0.25) is 0 Å². The number of carbonyl (C=O) groups excluding carboxylic acids is 1. The highest BCUT2D eigenvalue weighted by atomic mass is 16.5. The zero-order valence-corrected chi connectivity index (χ0v) is 13.4. The topological polar surface area (TPSA) is 75.6 Å². The molecule has 2 N–H and O–H groups in total. The molecule has 0 heterocycles. The number of nitrogens with one attached hydrogen (secondary N) is 1. The van der Waals surface area contributed by atoms with Crippen LogP contribution in [-0.4, -0.2) is 36.2 Å². The molecule has 5 nitrogen and oxygen atoms in total. The molecule has 0 aliphatic heterocycles. The predicted molar refractivity (Wildman–Crippen MR) is 78.5 cm³/mol. The molecule has 0 aromatic heterocycles. The van der Waals surface area contributed by atoms with Gasteiger partial charge in [-0.2, -0.15) is 0 Å². The second-order valence-electron chi connectivity index (χ2n) is 5.55. The largest absolute Gasteiger partial charge is 0.481 e. The number of amides is 1. The zero-order chi connectivity index (χ0) is 15.8. The predicted octanol–water partition coefficient (Wildman–Crippen LogP) is 2.44. The van der Waals surface area contributed by atoms with Gasteiger partial charge in [-0.05, 0) is 25.7 Å². The van der Waals surface area contributed by atoms with Gasteiger partial charge in [-0.3, -0.25) is 9.59 Å². The van der Waals surface area contributed by atoms with Crippen molar-refractivity contribution in [1.82, 2.24) is 5.32 Å². The third-order valence-corrected chi connectivity index (χ3v) is 3.96. The maximum atomic E-state index is 12.1. The van der Waals surface area contributed by atoms with E-state index < -0.39 is 11.4 Å². The molecular formula is C15H29NO4.